The van der Waals surface area contributed by atoms with E-state index in [0.29, 0.717) is 0 Å². The van der Waals surface area contributed by atoms with E-state index in [1.54, 1.807) is 0 Å². The van der Waals surface area contributed by atoms with Gasteiger partial charge in [0.2, 0.25) is 0 Å². The highest BCUT2D eigenvalue weighted by Gasteiger charge is 2.13. The average Bonchev–Trinajstić information content (AvgIpc) is 2.40. The molecule has 10 heavy (non-hydrogen) atoms. The molecule has 1 aliphatic rings. The maximum atomic E-state index is 9.25. The van der Waals surface area contributed by atoms with Gasteiger partial charge >= 0.3 is 0 Å². The van der Waals surface area contributed by atoms with Gasteiger partial charge in [-0.3, -0.25) is 4.90 Å². The number of nitrogens with zero attached hydrogens (tertiary/aromatic N) is 1. The summed E-state index contributed by atoms with van der Waals surface area (Å²) in [6.45, 7) is 5.92. The molecule has 1 heterocycles. The van der Waals surface area contributed by atoms with E-state index in [0.717, 1.165) is 32.7 Å². The van der Waals surface area contributed by atoms with Gasteiger partial charge in [0.05, 0.1) is 6.10 Å². The van der Waals surface area contributed by atoms with Crippen molar-refractivity contribution in [2.75, 3.05) is 26.3 Å². The lowest BCUT2D eigenvalue weighted by atomic mass is 10.3. The van der Waals surface area contributed by atoms with E-state index in [-0.39, 0.29) is 6.10 Å². The number of rotatable bonds is 3. The molecule has 1 saturated heterocycles. The molecule has 0 aromatic heterocycles. The molecule has 0 aromatic rings. The fraction of sp³-hybridized carbons (Fsp3) is 1.00. The summed E-state index contributed by atoms with van der Waals surface area (Å²) >= 11 is 0. The van der Waals surface area contributed by atoms with Gasteiger partial charge in [0.15, 0.2) is 0 Å². The van der Waals surface area contributed by atoms with Crippen LogP contribution in [0.3, 0.4) is 0 Å². The van der Waals surface area contributed by atoms with E-state index in [2.05, 4.69) is 10.2 Å². The third-order valence-corrected chi connectivity index (χ3v) is 1.88. The number of nitrogens with one attached hydrogen (secondary N) is 1. The topological polar surface area (TPSA) is 35.5 Å². The minimum atomic E-state index is -0.139. The Bertz CT molecular complexity index is 91.6. The molecule has 0 spiro atoms. The van der Waals surface area contributed by atoms with Crippen molar-refractivity contribution >= 4 is 0 Å². The molecule has 0 bridgehead atoms. The highest BCUT2D eigenvalue weighted by molar-refractivity contribution is 4.68. The van der Waals surface area contributed by atoms with Crippen LogP contribution in [0.25, 0.3) is 0 Å². The van der Waals surface area contributed by atoms with Crippen molar-refractivity contribution in [3.8, 4) is 0 Å². The highest BCUT2D eigenvalue weighted by Crippen LogP contribution is 1.97. The number of hydrogen-bond acceptors (Lipinski definition) is 3. The first-order valence-electron chi connectivity index (χ1n) is 3.94. The van der Waals surface area contributed by atoms with Gasteiger partial charge in [-0.05, 0) is 6.42 Å². The summed E-state index contributed by atoms with van der Waals surface area (Å²) in [5, 5.41) is 12.5. The molecule has 3 heteroatoms. The van der Waals surface area contributed by atoms with Crippen LogP contribution in [0.1, 0.15) is 13.3 Å². The standard InChI is InChI=1S/C7H16N2O/c1-2-7(10)5-9-4-3-8-6-9/h7-8,10H,2-6H2,1H3. The fourth-order valence-corrected chi connectivity index (χ4v) is 1.14. The zero-order valence-electron chi connectivity index (χ0n) is 6.51. The third kappa shape index (κ3) is 2.25. The molecule has 0 radical (unpaired) electrons. The van der Waals surface area contributed by atoms with Crippen LogP contribution in [0.2, 0.25) is 0 Å². The fourth-order valence-electron chi connectivity index (χ4n) is 1.14. The maximum absolute atomic E-state index is 9.25. The molecule has 3 nitrogen and oxygen atoms in total. The minimum absolute atomic E-state index is 0.139. The smallest absolute Gasteiger partial charge is 0.0665 e. The SMILES string of the molecule is CCC(O)CN1CCNC1. The predicted octanol–water partition coefficient (Wildman–Crippen LogP) is -0.380. The summed E-state index contributed by atoms with van der Waals surface area (Å²) in [6, 6.07) is 0. The van der Waals surface area contributed by atoms with Crippen molar-refractivity contribution in [3.05, 3.63) is 0 Å². The van der Waals surface area contributed by atoms with Crippen LogP contribution >= 0.6 is 0 Å². The molecule has 2 N–H and O–H groups in total. The van der Waals surface area contributed by atoms with Crippen LogP contribution < -0.4 is 5.32 Å². The van der Waals surface area contributed by atoms with Gasteiger partial charge in [0.25, 0.3) is 0 Å². The van der Waals surface area contributed by atoms with Gasteiger partial charge in [-0.25, -0.2) is 0 Å². The zero-order chi connectivity index (χ0) is 7.40. The van der Waals surface area contributed by atoms with Crippen LogP contribution in [0.4, 0.5) is 0 Å². The molecule has 0 aliphatic carbocycles. The molecule has 1 unspecified atom stereocenters. The first kappa shape index (κ1) is 7.98. The lowest BCUT2D eigenvalue weighted by Crippen LogP contribution is -2.30. The Morgan fingerprint density at radius 2 is 2.50 bits per heavy atom. The van der Waals surface area contributed by atoms with Gasteiger partial charge < -0.3 is 10.4 Å². The number of aliphatic hydroxyl groups excluding tert-OH is 1. The Hall–Kier alpha value is -0.120. The number of aliphatic hydroxyl groups is 1. The molecular weight excluding hydrogens is 128 g/mol. The summed E-state index contributed by atoms with van der Waals surface area (Å²) in [7, 11) is 0. The van der Waals surface area contributed by atoms with Crippen molar-refractivity contribution in [2.45, 2.75) is 19.4 Å². The van der Waals surface area contributed by atoms with Crippen LogP contribution in [-0.4, -0.2) is 42.4 Å². The molecule has 1 fully saturated rings. The Kier molecular flexibility index (Phi) is 3.12. The van der Waals surface area contributed by atoms with Gasteiger partial charge in [-0.1, -0.05) is 6.92 Å². The van der Waals surface area contributed by atoms with E-state index in [1.165, 1.54) is 0 Å². The van der Waals surface area contributed by atoms with E-state index in [4.69, 9.17) is 0 Å². The Morgan fingerprint density at radius 3 is 3.00 bits per heavy atom. The predicted molar refractivity (Wildman–Crippen MR) is 40.7 cm³/mol. The molecule has 0 aromatic carbocycles. The van der Waals surface area contributed by atoms with Gasteiger partial charge in [-0.2, -0.15) is 0 Å². The Labute approximate surface area is 62.0 Å². The molecule has 0 amide bonds. The normalized spacial score (nSPS) is 23.4. The third-order valence-electron chi connectivity index (χ3n) is 1.88. The lowest BCUT2D eigenvalue weighted by Gasteiger charge is -2.16. The largest absolute Gasteiger partial charge is 0.392 e. The molecule has 60 valence electrons. The first-order chi connectivity index (χ1) is 4.83. The highest BCUT2D eigenvalue weighted by atomic mass is 16.3. The maximum Gasteiger partial charge on any atom is 0.0665 e. The number of hydrogen-bond donors (Lipinski definition) is 2. The molecular formula is C7H16N2O. The van der Waals surface area contributed by atoms with Crippen molar-refractivity contribution in [3.63, 3.8) is 0 Å². The van der Waals surface area contributed by atoms with E-state index in [9.17, 15) is 5.11 Å². The van der Waals surface area contributed by atoms with E-state index >= 15 is 0 Å². The second-order valence-corrected chi connectivity index (χ2v) is 2.80. The van der Waals surface area contributed by atoms with Crippen LogP contribution in [0.15, 0.2) is 0 Å². The van der Waals surface area contributed by atoms with Crippen molar-refractivity contribution < 1.29 is 5.11 Å². The summed E-state index contributed by atoms with van der Waals surface area (Å²) in [6.07, 6.45) is 0.719. The van der Waals surface area contributed by atoms with Crippen molar-refractivity contribution in [2.24, 2.45) is 0 Å². The van der Waals surface area contributed by atoms with Gasteiger partial charge in [0, 0.05) is 26.3 Å². The summed E-state index contributed by atoms with van der Waals surface area (Å²) in [5.41, 5.74) is 0. The second-order valence-electron chi connectivity index (χ2n) is 2.80. The van der Waals surface area contributed by atoms with E-state index in [1.807, 2.05) is 6.92 Å². The Morgan fingerprint density at radius 1 is 1.70 bits per heavy atom. The average molecular weight is 144 g/mol. The van der Waals surface area contributed by atoms with Crippen molar-refractivity contribution in [1.82, 2.24) is 10.2 Å². The second kappa shape index (κ2) is 3.91. The molecule has 0 saturated carbocycles. The molecule has 1 rings (SSSR count). The van der Waals surface area contributed by atoms with E-state index < -0.39 is 0 Å². The van der Waals surface area contributed by atoms with Crippen LogP contribution in [0, 0.1) is 0 Å². The summed E-state index contributed by atoms with van der Waals surface area (Å²) < 4.78 is 0. The summed E-state index contributed by atoms with van der Waals surface area (Å²) in [5.74, 6) is 0. The first-order valence-corrected chi connectivity index (χ1v) is 3.94. The quantitative estimate of drug-likeness (QED) is 0.567. The minimum Gasteiger partial charge on any atom is -0.392 e. The lowest BCUT2D eigenvalue weighted by molar-refractivity contribution is 0.121. The van der Waals surface area contributed by atoms with Gasteiger partial charge in [0.1, 0.15) is 0 Å². The Balaban J connectivity index is 2.11. The number of β-amino-alcohol motifs (C(OH)–C–C–N with tert-alkyl or cyclic N) is 1. The monoisotopic (exact) mass is 144 g/mol. The van der Waals surface area contributed by atoms with Crippen molar-refractivity contribution in [1.29, 1.82) is 0 Å². The zero-order valence-corrected chi connectivity index (χ0v) is 6.51. The molecule has 1 atom stereocenters. The molecule has 1 aliphatic heterocycles. The van der Waals surface area contributed by atoms with Crippen LogP contribution in [0.5, 0.6) is 0 Å². The van der Waals surface area contributed by atoms with Gasteiger partial charge in [-0.15, -0.1) is 0 Å². The summed E-state index contributed by atoms with van der Waals surface area (Å²) in [4.78, 5) is 2.23. The van der Waals surface area contributed by atoms with Crippen LogP contribution in [-0.2, 0) is 0 Å².